The van der Waals surface area contributed by atoms with E-state index in [1.165, 1.54) is 24.8 Å². The Morgan fingerprint density at radius 2 is 2.42 bits per heavy atom. The molecule has 1 nitrogen and oxygen atoms in total. The molecule has 3 rings (SSSR count). The van der Waals surface area contributed by atoms with Crippen molar-refractivity contribution in [3.63, 3.8) is 0 Å². The second-order valence-electron chi connectivity index (χ2n) is 4.94. The fraction of sp³-hybridized carbons (Fsp3) is 0.727. The molecule has 0 saturated heterocycles. The molecule has 3 atom stereocenters. The first kappa shape index (κ1) is 6.88. The fourth-order valence-electron chi connectivity index (χ4n) is 3.12. The number of allylic oxidation sites excluding steroid dienone is 2. The molecular formula is C11H14O. The zero-order valence-electron chi connectivity index (χ0n) is 7.47. The first-order valence-corrected chi connectivity index (χ1v) is 4.94. The van der Waals surface area contributed by atoms with Gasteiger partial charge in [-0.1, -0.05) is 12.5 Å². The summed E-state index contributed by atoms with van der Waals surface area (Å²) >= 11 is 0. The van der Waals surface area contributed by atoms with E-state index in [2.05, 4.69) is 6.92 Å². The molecule has 3 aliphatic rings. The van der Waals surface area contributed by atoms with Crippen molar-refractivity contribution in [2.45, 2.75) is 32.6 Å². The lowest BCUT2D eigenvalue weighted by atomic mass is 9.73. The van der Waals surface area contributed by atoms with E-state index in [4.69, 9.17) is 0 Å². The Morgan fingerprint density at radius 3 is 3.25 bits per heavy atom. The largest absolute Gasteiger partial charge is 0.295 e. The van der Waals surface area contributed by atoms with Crippen molar-refractivity contribution in [3.8, 4) is 0 Å². The summed E-state index contributed by atoms with van der Waals surface area (Å²) in [6, 6.07) is 0. The van der Waals surface area contributed by atoms with Crippen LogP contribution in [0.4, 0.5) is 0 Å². The molecule has 64 valence electrons. The van der Waals surface area contributed by atoms with Gasteiger partial charge >= 0.3 is 0 Å². The Hall–Kier alpha value is -0.590. The minimum Gasteiger partial charge on any atom is -0.295 e. The van der Waals surface area contributed by atoms with Gasteiger partial charge in [-0.05, 0) is 42.6 Å². The number of ketones is 1. The van der Waals surface area contributed by atoms with E-state index in [-0.39, 0.29) is 5.41 Å². The van der Waals surface area contributed by atoms with Gasteiger partial charge in [-0.3, -0.25) is 4.79 Å². The highest BCUT2D eigenvalue weighted by atomic mass is 16.1. The molecule has 0 spiro atoms. The van der Waals surface area contributed by atoms with E-state index >= 15 is 0 Å². The van der Waals surface area contributed by atoms with Gasteiger partial charge in [0.25, 0.3) is 0 Å². The van der Waals surface area contributed by atoms with Gasteiger partial charge in [-0.25, -0.2) is 0 Å². The van der Waals surface area contributed by atoms with Crippen molar-refractivity contribution in [1.82, 2.24) is 0 Å². The summed E-state index contributed by atoms with van der Waals surface area (Å²) in [7, 11) is 0. The Bertz CT molecular complexity index is 289. The molecule has 3 aliphatic carbocycles. The third kappa shape index (κ3) is 0.720. The molecule has 0 unspecified atom stereocenters. The van der Waals surface area contributed by atoms with Crippen LogP contribution in [0.25, 0.3) is 0 Å². The molecule has 0 heterocycles. The summed E-state index contributed by atoms with van der Waals surface area (Å²) in [4.78, 5) is 11.3. The molecule has 0 aliphatic heterocycles. The van der Waals surface area contributed by atoms with E-state index in [9.17, 15) is 4.79 Å². The normalized spacial score (nSPS) is 49.8. The second-order valence-corrected chi connectivity index (χ2v) is 4.94. The molecule has 1 heteroatoms. The van der Waals surface area contributed by atoms with E-state index in [0.29, 0.717) is 5.78 Å². The molecule has 0 bridgehead atoms. The quantitative estimate of drug-likeness (QED) is 0.534. The Morgan fingerprint density at radius 1 is 1.58 bits per heavy atom. The van der Waals surface area contributed by atoms with Gasteiger partial charge in [0.05, 0.1) is 0 Å². The number of carbonyl (C=O) groups excluding carboxylic acids is 1. The van der Waals surface area contributed by atoms with Crippen LogP contribution in [0.1, 0.15) is 32.6 Å². The molecule has 0 aromatic heterocycles. The summed E-state index contributed by atoms with van der Waals surface area (Å²) in [6.45, 7) is 2.28. The van der Waals surface area contributed by atoms with Crippen LogP contribution in [0.3, 0.4) is 0 Å². The fourth-order valence-corrected chi connectivity index (χ4v) is 3.12. The summed E-state index contributed by atoms with van der Waals surface area (Å²) in [6.07, 6.45) is 6.74. The zero-order valence-corrected chi connectivity index (χ0v) is 7.47. The molecule has 0 aromatic rings. The van der Waals surface area contributed by atoms with Gasteiger partial charge in [-0.2, -0.15) is 0 Å². The van der Waals surface area contributed by atoms with Crippen LogP contribution >= 0.6 is 0 Å². The van der Waals surface area contributed by atoms with E-state index in [1.54, 1.807) is 0 Å². The average molecular weight is 162 g/mol. The monoisotopic (exact) mass is 162 g/mol. The molecule has 2 saturated carbocycles. The summed E-state index contributed by atoms with van der Waals surface area (Å²) in [5.74, 6) is 2.14. The van der Waals surface area contributed by atoms with Crippen molar-refractivity contribution < 1.29 is 4.79 Å². The number of hydrogen-bond acceptors (Lipinski definition) is 1. The highest BCUT2D eigenvalue weighted by Gasteiger charge is 2.53. The van der Waals surface area contributed by atoms with E-state index in [0.717, 1.165) is 18.3 Å². The van der Waals surface area contributed by atoms with Crippen molar-refractivity contribution >= 4 is 5.78 Å². The maximum atomic E-state index is 11.3. The topological polar surface area (TPSA) is 17.1 Å². The maximum absolute atomic E-state index is 11.3. The van der Waals surface area contributed by atoms with Crippen LogP contribution in [0.15, 0.2) is 11.6 Å². The Balaban J connectivity index is 2.03. The smallest absolute Gasteiger partial charge is 0.156 e. The van der Waals surface area contributed by atoms with Crippen molar-refractivity contribution in [2.24, 2.45) is 17.3 Å². The van der Waals surface area contributed by atoms with Crippen LogP contribution in [-0.4, -0.2) is 5.78 Å². The van der Waals surface area contributed by atoms with Gasteiger partial charge in [0, 0.05) is 6.42 Å². The summed E-state index contributed by atoms with van der Waals surface area (Å²) in [5.41, 5.74) is 1.79. The second kappa shape index (κ2) is 1.84. The van der Waals surface area contributed by atoms with Crippen molar-refractivity contribution in [2.75, 3.05) is 0 Å². The third-order valence-electron chi connectivity index (χ3n) is 3.97. The minimum absolute atomic E-state index is 0.286. The van der Waals surface area contributed by atoms with Crippen molar-refractivity contribution in [3.05, 3.63) is 11.6 Å². The number of hydrogen-bond donors (Lipinski definition) is 0. The van der Waals surface area contributed by atoms with E-state index < -0.39 is 0 Å². The van der Waals surface area contributed by atoms with Crippen molar-refractivity contribution in [1.29, 1.82) is 0 Å². The van der Waals surface area contributed by atoms with Gasteiger partial charge in [0.15, 0.2) is 5.78 Å². The van der Waals surface area contributed by atoms with Crippen LogP contribution in [-0.2, 0) is 4.79 Å². The zero-order chi connectivity index (χ0) is 8.34. The predicted octanol–water partition coefficient (Wildman–Crippen LogP) is 2.32. The molecule has 0 radical (unpaired) electrons. The molecule has 0 N–H and O–H groups in total. The van der Waals surface area contributed by atoms with Crippen LogP contribution in [0.5, 0.6) is 0 Å². The maximum Gasteiger partial charge on any atom is 0.156 e. The first-order valence-electron chi connectivity index (χ1n) is 4.94. The van der Waals surface area contributed by atoms with Crippen LogP contribution in [0.2, 0.25) is 0 Å². The van der Waals surface area contributed by atoms with Crippen LogP contribution < -0.4 is 0 Å². The molecule has 0 aromatic carbocycles. The molecule has 0 amide bonds. The first-order chi connectivity index (χ1) is 5.69. The molecule has 2 fully saturated rings. The summed E-state index contributed by atoms with van der Waals surface area (Å²) < 4.78 is 0. The van der Waals surface area contributed by atoms with E-state index in [1.807, 2.05) is 6.08 Å². The number of rotatable bonds is 0. The number of fused-ring (bicyclic) bond motifs is 3. The van der Waals surface area contributed by atoms with Gasteiger partial charge in [0.1, 0.15) is 0 Å². The molecular weight excluding hydrogens is 148 g/mol. The van der Waals surface area contributed by atoms with Gasteiger partial charge in [0.2, 0.25) is 0 Å². The Labute approximate surface area is 72.8 Å². The lowest BCUT2D eigenvalue weighted by Gasteiger charge is -2.31. The van der Waals surface area contributed by atoms with Crippen LogP contribution in [0, 0.1) is 17.3 Å². The highest BCUT2D eigenvalue weighted by Crippen LogP contribution is 2.61. The minimum atomic E-state index is 0.286. The van der Waals surface area contributed by atoms with Gasteiger partial charge in [-0.15, -0.1) is 0 Å². The third-order valence-corrected chi connectivity index (χ3v) is 3.97. The lowest BCUT2D eigenvalue weighted by Crippen LogP contribution is -2.21. The molecule has 12 heavy (non-hydrogen) atoms. The number of carbonyl (C=O) groups is 1. The SMILES string of the molecule is C[C@@]12CC[C@H]3C[C@H]3C1=CC(=O)C2. The highest BCUT2D eigenvalue weighted by molar-refractivity contribution is 5.94. The predicted molar refractivity (Wildman–Crippen MR) is 46.6 cm³/mol. The average Bonchev–Trinajstić information content (AvgIpc) is 2.69. The van der Waals surface area contributed by atoms with Gasteiger partial charge < -0.3 is 0 Å². The Kier molecular flexibility index (Phi) is 1.05. The standard InChI is InChI=1S/C11H14O/c1-11-3-2-7-4-9(7)10(11)5-8(12)6-11/h5,7,9H,2-4,6H2,1H3/t7-,9+,11-/m0/s1. The summed E-state index contributed by atoms with van der Waals surface area (Å²) in [5, 5.41) is 0. The lowest BCUT2D eigenvalue weighted by molar-refractivity contribution is -0.115.